The Balaban J connectivity index is 2.13. The smallest absolute Gasteiger partial charge is 0.233 e. The molecule has 1 heterocycles. The Bertz CT molecular complexity index is 659. The van der Waals surface area contributed by atoms with Gasteiger partial charge in [-0.15, -0.1) is 0 Å². The van der Waals surface area contributed by atoms with Gasteiger partial charge in [-0.05, 0) is 52.0 Å². The van der Waals surface area contributed by atoms with Crippen molar-refractivity contribution >= 4 is 17.7 Å². The van der Waals surface area contributed by atoms with E-state index in [1.54, 1.807) is 13.3 Å². The highest BCUT2D eigenvalue weighted by atomic mass is 32.2. The standard InChI is InChI=1S/C17H23N3O2S/c1-12(15(21)19-17(2,3)4)23-16-18-10-11-20(16)13-6-8-14(22-5)9-7-13/h6-12H,1-5H3,(H,19,21)/t12-/m1/s1. The van der Waals surface area contributed by atoms with Crippen LogP contribution in [0.5, 0.6) is 5.75 Å². The zero-order valence-electron chi connectivity index (χ0n) is 14.2. The fraction of sp³-hybridized carbons (Fsp3) is 0.412. The molecule has 0 spiro atoms. The third-order valence-corrected chi connectivity index (χ3v) is 4.19. The van der Waals surface area contributed by atoms with E-state index >= 15 is 0 Å². The summed E-state index contributed by atoms with van der Waals surface area (Å²) in [6.45, 7) is 7.81. The number of nitrogens with one attached hydrogen (secondary N) is 1. The number of imidazole rings is 1. The maximum atomic E-state index is 12.2. The molecule has 1 atom stereocenters. The van der Waals surface area contributed by atoms with Crippen LogP contribution in [-0.4, -0.2) is 33.4 Å². The molecule has 0 radical (unpaired) electrons. The van der Waals surface area contributed by atoms with Crippen LogP contribution in [0.15, 0.2) is 41.8 Å². The van der Waals surface area contributed by atoms with Gasteiger partial charge in [0.2, 0.25) is 5.91 Å². The van der Waals surface area contributed by atoms with Gasteiger partial charge in [-0.2, -0.15) is 0 Å². The second-order valence-electron chi connectivity index (χ2n) is 6.28. The molecule has 0 bridgehead atoms. The lowest BCUT2D eigenvalue weighted by molar-refractivity contribution is -0.121. The van der Waals surface area contributed by atoms with Crippen molar-refractivity contribution in [3.05, 3.63) is 36.7 Å². The van der Waals surface area contributed by atoms with Gasteiger partial charge in [0.15, 0.2) is 5.16 Å². The molecule has 1 N–H and O–H groups in total. The number of carbonyl (C=O) groups excluding carboxylic acids is 1. The summed E-state index contributed by atoms with van der Waals surface area (Å²) in [6, 6.07) is 7.73. The number of hydrogen-bond donors (Lipinski definition) is 1. The highest BCUT2D eigenvalue weighted by molar-refractivity contribution is 8.00. The molecule has 124 valence electrons. The number of nitrogens with zero attached hydrogens (tertiary/aromatic N) is 2. The summed E-state index contributed by atoms with van der Waals surface area (Å²) in [5.41, 5.74) is 0.742. The third kappa shape index (κ3) is 4.76. The monoisotopic (exact) mass is 333 g/mol. The summed E-state index contributed by atoms with van der Waals surface area (Å²) in [4.78, 5) is 16.6. The van der Waals surface area contributed by atoms with Crippen molar-refractivity contribution in [2.45, 2.75) is 43.6 Å². The number of amides is 1. The highest BCUT2D eigenvalue weighted by Gasteiger charge is 2.21. The molecular weight excluding hydrogens is 310 g/mol. The van der Waals surface area contributed by atoms with E-state index in [1.165, 1.54) is 11.8 Å². The fourth-order valence-corrected chi connectivity index (χ4v) is 2.88. The predicted octanol–water partition coefficient (Wildman–Crippen LogP) is 3.28. The number of methoxy groups -OCH3 is 1. The SMILES string of the molecule is COc1ccc(-n2ccnc2S[C@H](C)C(=O)NC(C)(C)C)cc1. The molecule has 1 aromatic heterocycles. The molecule has 0 saturated carbocycles. The van der Waals surface area contributed by atoms with Crippen LogP contribution in [0.4, 0.5) is 0 Å². The van der Waals surface area contributed by atoms with E-state index < -0.39 is 0 Å². The van der Waals surface area contributed by atoms with E-state index in [4.69, 9.17) is 4.74 Å². The van der Waals surface area contributed by atoms with Crippen LogP contribution >= 0.6 is 11.8 Å². The van der Waals surface area contributed by atoms with Crippen molar-refractivity contribution in [3.8, 4) is 11.4 Å². The third-order valence-electron chi connectivity index (χ3n) is 3.11. The van der Waals surface area contributed by atoms with Crippen LogP contribution < -0.4 is 10.1 Å². The molecule has 0 saturated heterocycles. The first-order valence-electron chi connectivity index (χ1n) is 7.46. The Kier molecular flexibility index (Phi) is 5.36. The fourth-order valence-electron chi connectivity index (χ4n) is 2.00. The number of benzene rings is 1. The van der Waals surface area contributed by atoms with Crippen LogP contribution in [0.3, 0.4) is 0 Å². The zero-order chi connectivity index (χ0) is 17.0. The maximum absolute atomic E-state index is 12.2. The minimum atomic E-state index is -0.239. The van der Waals surface area contributed by atoms with E-state index in [2.05, 4.69) is 10.3 Å². The van der Waals surface area contributed by atoms with Gasteiger partial charge in [0.1, 0.15) is 5.75 Å². The second-order valence-corrected chi connectivity index (χ2v) is 7.59. The molecule has 0 aliphatic heterocycles. The van der Waals surface area contributed by atoms with E-state index in [1.807, 2.05) is 62.7 Å². The molecule has 0 aliphatic rings. The summed E-state index contributed by atoms with van der Waals surface area (Å²) in [5.74, 6) is 0.813. The average Bonchev–Trinajstić information content (AvgIpc) is 2.93. The Morgan fingerprint density at radius 1 is 1.30 bits per heavy atom. The van der Waals surface area contributed by atoms with Gasteiger partial charge in [0.25, 0.3) is 0 Å². The van der Waals surface area contributed by atoms with Crippen molar-refractivity contribution in [1.82, 2.24) is 14.9 Å². The Morgan fingerprint density at radius 3 is 2.52 bits per heavy atom. The Morgan fingerprint density at radius 2 is 1.96 bits per heavy atom. The van der Waals surface area contributed by atoms with E-state index in [-0.39, 0.29) is 16.7 Å². The Hall–Kier alpha value is -1.95. The molecule has 2 aromatic rings. The molecule has 1 aromatic carbocycles. The average molecular weight is 333 g/mol. The van der Waals surface area contributed by atoms with Gasteiger partial charge in [-0.25, -0.2) is 4.98 Å². The normalized spacial score (nSPS) is 12.7. The molecule has 0 fully saturated rings. The largest absolute Gasteiger partial charge is 0.497 e. The summed E-state index contributed by atoms with van der Waals surface area (Å²) in [7, 11) is 1.64. The number of aromatic nitrogens is 2. The summed E-state index contributed by atoms with van der Waals surface area (Å²) < 4.78 is 7.14. The highest BCUT2D eigenvalue weighted by Crippen LogP contribution is 2.26. The van der Waals surface area contributed by atoms with Gasteiger partial charge >= 0.3 is 0 Å². The van der Waals surface area contributed by atoms with Gasteiger partial charge in [-0.1, -0.05) is 11.8 Å². The van der Waals surface area contributed by atoms with Crippen LogP contribution in [0, 0.1) is 0 Å². The lowest BCUT2D eigenvalue weighted by Crippen LogP contribution is -2.44. The first-order chi connectivity index (χ1) is 10.8. The molecular formula is C17H23N3O2S. The topological polar surface area (TPSA) is 56.2 Å². The maximum Gasteiger partial charge on any atom is 0.233 e. The molecule has 6 heteroatoms. The van der Waals surface area contributed by atoms with Crippen LogP contribution in [0.1, 0.15) is 27.7 Å². The van der Waals surface area contributed by atoms with Gasteiger partial charge < -0.3 is 10.1 Å². The number of hydrogen-bond acceptors (Lipinski definition) is 4. The number of carbonyl (C=O) groups is 1. The van der Waals surface area contributed by atoms with Gasteiger partial charge in [0, 0.05) is 23.6 Å². The van der Waals surface area contributed by atoms with E-state index in [0.717, 1.165) is 16.6 Å². The minimum Gasteiger partial charge on any atom is -0.497 e. The molecule has 2 rings (SSSR count). The second kappa shape index (κ2) is 7.08. The molecule has 5 nitrogen and oxygen atoms in total. The number of ether oxygens (including phenoxy) is 1. The lowest BCUT2D eigenvalue weighted by Gasteiger charge is -2.23. The van der Waals surface area contributed by atoms with E-state index in [0.29, 0.717) is 0 Å². The van der Waals surface area contributed by atoms with Crippen LogP contribution in [0.2, 0.25) is 0 Å². The van der Waals surface area contributed by atoms with Gasteiger partial charge in [0.05, 0.1) is 12.4 Å². The van der Waals surface area contributed by atoms with Crippen molar-refractivity contribution in [1.29, 1.82) is 0 Å². The van der Waals surface area contributed by atoms with Crippen molar-refractivity contribution in [2.24, 2.45) is 0 Å². The first kappa shape index (κ1) is 17.4. The predicted molar refractivity (Wildman–Crippen MR) is 93.3 cm³/mol. The van der Waals surface area contributed by atoms with Crippen molar-refractivity contribution < 1.29 is 9.53 Å². The van der Waals surface area contributed by atoms with Crippen LogP contribution in [0.25, 0.3) is 5.69 Å². The molecule has 0 unspecified atom stereocenters. The van der Waals surface area contributed by atoms with Crippen molar-refractivity contribution in [2.75, 3.05) is 7.11 Å². The Labute approximate surface area is 141 Å². The summed E-state index contributed by atoms with van der Waals surface area (Å²) in [6.07, 6.45) is 3.62. The first-order valence-corrected chi connectivity index (χ1v) is 8.34. The number of rotatable bonds is 5. The van der Waals surface area contributed by atoms with Gasteiger partial charge in [-0.3, -0.25) is 9.36 Å². The summed E-state index contributed by atoms with van der Waals surface area (Å²) in [5, 5.41) is 3.55. The molecule has 23 heavy (non-hydrogen) atoms. The summed E-state index contributed by atoms with van der Waals surface area (Å²) >= 11 is 1.44. The molecule has 1 amide bonds. The zero-order valence-corrected chi connectivity index (χ0v) is 15.0. The molecule has 0 aliphatic carbocycles. The van der Waals surface area contributed by atoms with Crippen molar-refractivity contribution in [3.63, 3.8) is 0 Å². The lowest BCUT2D eigenvalue weighted by atomic mass is 10.1. The van der Waals surface area contributed by atoms with Crippen LogP contribution in [-0.2, 0) is 4.79 Å². The van der Waals surface area contributed by atoms with E-state index in [9.17, 15) is 4.79 Å². The quantitative estimate of drug-likeness (QED) is 0.853. The number of thioether (sulfide) groups is 1. The minimum absolute atomic E-state index is 0.00628.